The molecular weight excluding hydrogens is 446 g/mol. The standard InChI is InChI=1S/C18H14BrN5OS2/c1-11-3-2-4-14(9-11)20-17-23-24-18(27-17)26-10-15-21-22-16(25-15)12-5-7-13(19)8-6-12/h2-9H,10H2,1H3,(H,20,23). The monoisotopic (exact) mass is 459 g/mol. The SMILES string of the molecule is Cc1cccc(Nc2nnc(SCc3nnc(-c4ccc(Br)cc4)o3)s2)c1. The molecule has 0 saturated carbocycles. The Morgan fingerprint density at radius 1 is 1.07 bits per heavy atom. The van der Waals surface area contributed by atoms with Crippen LogP contribution in [0.3, 0.4) is 0 Å². The molecule has 27 heavy (non-hydrogen) atoms. The lowest BCUT2D eigenvalue weighted by molar-refractivity contribution is 0.528. The second kappa shape index (κ2) is 8.20. The summed E-state index contributed by atoms with van der Waals surface area (Å²) < 4.78 is 7.58. The molecule has 0 bridgehead atoms. The molecule has 0 aliphatic heterocycles. The molecule has 0 radical (unpaired) electrons. The molecule has 0 unspecified atom stereocenters. The van der Waals surface area contributed by atoms with E-state index in [1.165, 1.54) is 28.7 Å². The molecule has 0 spiro atoms. The van der Waals surface area contributed by atoms with E-state index in [4.69, 9.17) is 4.42 Å². The van der Waals surface area contributed by atoms with Crippen molar-refractivity contribution in [2.75, 3.05) is 5.32 Å². The lowest BCUT2D eigenvalue weighted by Crippen LogP contribution is -1.89. The molecule has 0 aliphatic carbocycles. The van der Waals surface area contributed by atoms with E-state index >= 15 is 0 Å². The van der Waals surface area contributed by atoms with E-state index in [2.05, 4.69) is 60.7 Å². The number of benzene rings is 2. The van der Waals surface area contributed by atoms with Crippen molar-refractivity contribution in [3.8, 4) is 11.5 Å². The molecule has 0 atom stereocenters. The van der Waals surface area contributed by atoms with Crippen LogP contribution in [0.5, 0.6) is 0 Å². The Hall–Kier alpha value is -2.23. The fourth-order valence-electron chi connectivity index (χ4n) is 2.31. The Balaban J connectivity index is 1.37. The predicted octanol–water partition coefficient (Wildman–Crippen LogP) is 5.69. The third kappa shape index (κ3) is 4.74. The predicted molar refractivity (Wildman–Crippen MR) is 111 cm³/mol. The summed E-state index contributed by atoms with van der Waals surface area (Å²) in [6.45, 7) is 2.06. The Kier molecular flexibility index (Phi) is 5.51. The summed E-state index contributed by atoms with van der Waals surface area (Å²) in [6, 6.07) is 15.9. The number of thioether (sulfide) groups is 1. The van der Waals surface area contributed by atoms with Gasteiger partial charge in [-0.3, -0.25) is 0 Å². The first kappa shape index (κ1) is 18.1. The first-order chi connectivity index (χ1) is 13.2. The molecule has 136 valence electrons. The molecule has 1 N–H and O–H groups in total. The minimum atomic E-state index is 0.511. The summed E-state index contributed by atoms with van der Waals surface area (Å²) in [5.74, 6) is 1.61. The van der Waals surface area contributed by atoms with Gasteiger partial charge in [-0.05, 0) is 48.9 Å². The highest BCUT2D eigenvalue weighted by atomic mass is 79.9. The molecular formula is C18H14BrN5OS2. The van der Waals surface area contributed by atoms with Crippen molar-refractivity contribution in [2.24, 2.45) is 0 Å². The van der Waals surface area contributed by atoms with Crippen molar-refractivity contribution >= 4 is 49.8 Å². The van der Waals surface area contributed by atoms with Crippen molar-refractivity contribution in [2.45, 2.75) is 17.0 Å². The van der Waals surface area contributed by atoms with Gasteiger partial charge >= 0.3 is 0 Å². The van der Waals surface area contributed by atoms with Gasteiger partial charge in [0.15, 0.2) is 4.34 Å². The lowest BCUT2D eigenvalue weighted by atomic mass is 10.2. The van der Waals surface area contributed by atoms with Gasteiger partial charge < -0.3 is 9.73 Å². The fraction of sp³-hybridized carbons (Fsp3) is 0.111. The highest BCUT2D eigenvalue weighted by molar-refractivity contribution is 9.10. The van der Waals surface area contributed by atoms with Crippen LogP contribution in [-0.2, 0) is 5.75 Å². The molecule has 0 amide bonds. The highest BCUT2D eigenvalue weighted by Gasteiger charge is 2.11. The zero-order valence-corrected chi connectivity index (χ0v) is 17.4. The Bertz CT molecular complexity index is 1050. The Morgan fingerprint density at radius 3 is 2.74 bits per heavy atom. The van der Waals surface area contributed by atoms with Gasteiger partial charge in [-0.2, -0.15) is 0 Å². The molecule has 4 rings (SSSR count). The molecule has 0 aliphatic rings. The second-order valence-corrected chi connectivity index (χ2v) is 8.78. The summed E-state index contributed by atoms with van der Waals surface area (Å²) >= 11 is 6.43. The Labute approximate surface area is 172 Å². The van der Waals surface area contributed by atoms with Gasteiger partial charge in [0.2, 0.25) is 16.9 Å². The average molecular weight is 460 g/mol. The number of hydrogen-bond donors (Lipinski definition) is 1. The number of rotatable bonds is 6. The average Bonchev–Trinajstić information content (AvgIpc) is 3.30. The Morgan fingerprint density at radius 2 is 1.93 bits per heavy atom. The first-order valence-electron chi connectivity index (χ1n) is 8.04. The van der Waals surface area contributed by atoms with E-state index in [1.54, 1.807) is 0 Å². The van der Waals surface area contributed by atoms with Crippen LogP contribution < -0.4 is 5.32 Å². The third-order valence-electron chi connectivity index (χ3n) is 3.55. The van der Waals surface area contributed by atoms with E-state index in [-0.39, 0.29) is 0 Å². The maximum absolute atomic E-state index is 5.73. The van der Waals surface area contributed by atoms with Crippen LogP contribution in [0.25, 0.3) is 11.5 Å². The van der Waals surface area contributed by atoms with E-state index in [1.807, 2.05) is 36.4 Å². The largest absolute Gasteiger partial charge is 0.420 e. The minimum absolute atomic E-state index is 0.511. The fourth-order valence-corrected chi connectivity index (χ4v) is 4.18. The maximum atomic E-state index is 5.73. The van der Waals surface area contributed by atoms with Gasteiger partial charge in [-0.25, -0.2) is 0 Å². The van der Waals surface area contributed by atoms with Gasteiger partial charge in [0.1, 0.15) is 0 Å². The van der Waals surface area contributed by atoms with E-state index in [0.29, 0.717) is 17.5 Å². The number of aryl methyl sites for hydroxylation is 1. The van der Waals surface area contributed by atoms with Crippen molar-refractivity contribution in [1.82, 2.24) is 20.4 Å². The van der Waals surface area contributed by atoms with Crippen molar-refractivity contribution in [1.29, 1.82) is 0 Å². The maximum Gasteiger partial charge on any atom is 0.247 e. The van der Waals surface area contributed by atoms with Crippen LogP contribution in [0.1, 0.15) is 11.5 Å². The first-order valence-corrected chi connectivity index (χ1v) is 10.6. The molecule has 6 nitrogen and oxygen atoms in total. The smallest absolute Gasteiger partial charge is 0.247 e. The van der Waals surface area contributed by atoms with E-state index in [0.717, 1.165) is 25.2 Å². The van der Waals surface area contributed by atoms with Crippen molar-refractivity contribution < 1.29 is 4.42 Å². The summed E-state index contributed by atoms with van der Waals surface area (Å²) in [7, 11) is 0. The molecule has 2 aromatic carbocycles. The number of aromatic nitrogens is 4. The minimum Gasteiger partial charge on any atom is -0.420 e. The number of hydrogen-bond acceptors (Lipinski definition) is 8. The van der Waals surface area contributed by atoms with Crippen molar-refractivity contribution in [3.63, 3.8) is 0 Å². The molecule has 2 aromatic heterocycles. The number of anilines is 2. The van der Waals surface area contributed by atoms with Crippen LogP contribution in [-0.4, -0.2) is 20.4 Å². The molecule has 2 heterocycles. The van der Waals surface area contributed by atoms with Crippen LogP contribution in [0.4, 0.5) is 10.8 Å². The number of nitrogens with one attached hydrogen (secondary N) is 1. The third-order valence-corrected chi connectivity index (χ3v) is 6.04. The van der Waals surface area contributed by atoms with Crippen LogP contribution >= 0.6 is 39.0 Å². The van der Waals surface area contributed by atoms with Crippen LogP contribution in [0, 0.1) is 6.92 Å². The van der Waals surface area contributed by atoms with Gasteiger partial charge in [-0.15, -0.1) is 20.4 Å². The molecule has 0 fully saturated rings. The number of nitrogens with zero attached hydrogens (tertiary/aromatic N) is 4. The van der Waals surface area contributed by atoms with Gasteiger partial charge in [0, 0.05) is 15.7 Å². The molecule has 4 aromatic rings. The number of halogens is 1. The molecule has 9 heteroatoms. The van der Waals surface area contributed by atoms with Gasteiger partial charge in [0.05, 0.1) is 5.75 Å². The van der Waals surface area contributed by atoms with Gasteiger partial charge in [-0.1, -0.05) is 51.2 Å². The van der Waals surface area contributed by atoms with Gasteiger partial charge in [0.25, 0.3) is 0 Å². The zero-order chi connectivity index (χ0) is 18.6. The zero-order valence-electron chi connectivity index (χ0n) is 14.2. The van der Waals surface area contributed by atoms with Crippen LogP contribution in [0.2, 0.25) is 0 Å². The second-order valence-electron chi connectivity index (χ2n) is 5.66. The van der Waals surface area contributed by atoms with E-state index in [9.17, 15) is 0 Å². The van der Waals surface area contributed by atoms with E-state index < -0.39 is 0 Å². The summed E-state index contributed by atoms with van der Waals surface area (Å²) in [6.07, 6.45) is 0. The topological polar surface area (TPSA) is 76.7 Å². The molecule has 0 saturated heterocycles. The lowest BCUT2D eigenvalue weighted by Gasteiger charge is -2.01. The van der Waals surface area contributed by atoms with Crippen LogP contribution in [0.15, 0.2) is 61.8 Å². The quantitative estimate of drug-likeness (QED) is 0.370. The normalized spacial score (nSPS) is 10.9. The summed E-state index contributed by atoms with van der Waals surface area (Å²) in [4.78, 5) is 0. The highest BCUT2D eigenvalue weighted by Crippen LogP contribution is 2.30. The van der Waals surface area contributed by atoms with Crippen molar-refractivity contribution in [3.05, 3.63) is 64.5 Å². The summed E-state index contributed by atoms with van der Waals surface area (Å²) in [5, 5.41) is 20.6. The summed E-state index contributed by atoms with van der Waals surface area (Å²) in [5.41, 5.74) is 3.08.